The van der Waals surface area contributed by atoms with Gasteiger partial charge >= 0.3 is 6.18 Å². The van der Waals surface area contributed by atoms with E-state index in [1.54, 1.807) is 6.07 Å². The van der Waals surface area contributed by atoms with Crippen molar-refractivity contribution in [1.29, 1.82) is 0 Å². The van der Waals surface area contributed by atoms with Crippen LogP contribution in [0.25, 0.3) is 0 Å². The number of anilines is 1. The number of hydrogen-bond acceptors (Lipinski definition) is 6. The van der Waals surface area contributed by atoms with E-state index in [1.807, 2.05) is 17.5 Å². The maximum atomic E-state index is 12.7. The Balaban J connectivity index is 1.55. The molecule has 2 aromatic heterocycles. The third kappa shape index (κ3) is 5.29. The molecule has 1 N–H and O–H groups in total. The number of nitrogens with zero attached hydrogens (tertiary/aromatic N) is 2. The fraction of sp³-hybridized carbons (Fsp3) is 0.188. The van der Waals surface area contributed by atoms with Gasteiger partial charge in [-0.25, -0.2) is 0 Å². The minimum Gasteiger partial charge on any atom is -0.300 e. The molecule has 10 heteroatoms. The van der Waals surface area contributed by atoms with Crippen molar-refractivity contribution in [2.45, 2.75) is 22.7 Å². The van der Waals surface area contributed by atoms with Crippen molar-refractivity contribution < 1.29 is 18.0 Å². The van der Waals surface area contributed by atoms with Gasteiger partial charge in [0.1, 0.15) is 0 Å². The van der Waals surface area contributed by atoms with Crippen molar-refractivity contribution in [3.8, 4) is 0 Å². The summed E-state index contributed by atoms with van der Waals surface area (Å²) in [5, 5.41) is 12.8. The van der Waals surface area contributed by atoms with Crippen LogP contribution in [0, 0.1) is 0 Å². The molecule has 0 spiro atoms. The van der Waals surface area contributed by atoms with E-state index < -0.39 is 11.7 Å². The van der Waals surface area contributed by atoms with Crippen LogP contribution in [-0.2, 0) is 23.1 Å². The molecular formula is C16H12F3N3OS3. The maximum absolute atomic E-state index is 12.7. The highest BCUT2D eigenvalue weighted by molar-refractivity contribution is 8.00. The quantitative estimate of drug-likeness (QED) is 0.450. The average Bonchev–Trinajstić information content (AvgIpc) is 3.24. The van der Waals surface area contributed by atoms with Gasteiger partial charge in [-0.2, -0.15) is 13.2 Å². The van der Waals surface area contributed by atoms with Gasteiger partial charge in [-0.15, -0.1) is 21.5 Å². The first-order valence-electron chi connectivity index (χ1n) is 7.35. The van der Waals surface area contributed by atoms with E-state index in [0.717, 1.165) is 17.0 Å². The second-order valence-electron chi connectivity index (χ2n) is 5.16. The molecule has 0 radical (unpaired) electrons. The van der Waals surface area contributed by atoms with Crippen molar-refractivity contribution in [3.63, 3.8) is 0 Å². The molecule has 0 bridgehead atoms. The van der Waals surface area contributed by atoms with Gasteiger partial charge in [0.25, 0.3) is 0 Å². The lowest BCUT2D eigenvalue weighted by molar-refractivity contribution is -0.137. The van der Waals surface area contributed by atoms with E-state index in [-0.39, 0.29) is 12.3 Å². The van der Waals surface area contributed by atoms with Gasteiger partial charge in [0.05, 0.1) is 12.0 Å². The number of thioether (sulfide) groups is 1. The molecule has 1 amide bonds. The fourth-order valence-corrected chi connectivity index (χ4v) is 4.45. The second-order valence-corrected chi connectivity index (χ2v) is 8.40. The normalized spacial score (nSPS) is 11.5. The van der Waals surface area contributed by atoms with Gasteiger partial charge in [-0.3, -0.25) is 4.79 Å². The van der Waals surface area contributed by atoms with Crippen molar-refractivity contribution in [2.75, 3.05) is 5.32 Å². The zero-order valence-corrected chi connectivity index (χ0v) is 15.6. The number of hydrogen-bond donors (Lipinski definition) is 1. The zero-order valence-electron chi connectivity index (χ0n) is 13.1. The van der Waals surface area contributed by atoms with E-state index in [0.29, 0.717) is 20.8 Å². The van der Waals surface area contributed by atoms with Crippen molar-refractivity contribution in [3.05, 3.63) is 57.8 Å². The van der Waals surface area contributed by atoms with Crippen LogP contribution in [0.1, 0.15) is 16.0 Å². The van der Waals surface area contributed by atoms with Crippen LogP contribution in [-0.4, -0.2) is 16.1 Å². The molecule has 136 valence electrons. The van der Waals surface area contributed by atoms with Gasteiger partial charge in [0.15, 0.2) is 4.34 Å². The van der Waals surface area contributed by atoms with Crippen LogP contribution in [0.4, 0.5) is 18.3 Å². The monoisotopic (exact) mass is 415 g/mol. The largest absolute Gasteiger partial charge is 0.416 e. The Morgan fingerprint density at radius 1 is 1.19 bits per heavy atom. The topological polar surface area (TPSA) is 54.9 Å². The SMILES string of the molecule is O=C(Cc1cccs1)Nc1nnc(SCc2cccc(C(F)(F)F)c2)s1. The molecule has 26 heavy (non-hydrogen) atoms. The molecule has 0 atom stereocenters. The number of rotatable bonds is 6. The summed E-state index contributed by atoms with van der Waals surface area (Å²) in [6, 6.07) is 8.93. The molecule has 0 unspecified atom stereocenters. The van der Waals surface area contributed by atoms with Crippen LogP contribution < -0.4 is 5.32 Å². The summed E-state index contributed by atoms with van der Waals surface area (Å²) in [6.45, 7) is 0. The number of carbonyl (C=O) groups excluding carboxylic acids is 1. The van der Waals surface area contributed by atoms with Crippen LogP contribution in [0.3, 0.4) is 0 Å². The maximum Gasteiger partial charge on any atom is 0.416 e. The smallest absolute Gasteiger partial charge is 0.300 e. The van der Waals surface area contributed by atoms with Gasteiger partial charge < -0.3 is 5.32 Å². The number of benzene rings is 1. The molecule has 3 aromatic rings. The Morgan fingerprint density at radius 3 is 2.77 bits per heavy atom. The summed E-state index contributed by atoms with van der Waals surface area (Å²) >= 11 is 3.97. The molecule has 0 saturated carbocycles. The standard InChI is InChI=1S/C16H12F3N3OS3/c17-16(18,19)11-4-1-3-10(7-11)9-25-15-22-21-14(26-15)20-13(23)8-12-5-2-6-24-12/h1-7H,8-9H2,(H,20,21,23). The van der Waals surface area contributed by atoms with Crippen molar-refractivity contribution in [2.24, 2.45) is 0 Å². The van der Waals surface area contributed by atoms with E-state index in [4.69, 9.17) is 0 Å². The molecule has 1 aromatic carbocycles. The highest BCUT2D eigenvalue weighted by Crippen LogP contribution is 2.32. The lowest BCUT2D eigenvalue weighted by atomic mass is 10.1. The predicted molar refractivity (Wildman–Crippen MR) is 97.6 cm³/mol. The Labute approximate surface area is 159 Å². The zero-order chi connectivity index (χ0) is 18.6. The van der Waals surface area contributed by atoms with E-state index in [1.165, 1.54) is 40.5 Å². The number of nitrogens with one attached hydrogen (secondary N) is 1. The number of halogens is 3. The first-order chi connectivity index (χ1) is 12.4. The molecular weight excluding hydrogens is 403 g/mol. The Kier molecular flexibility index (Phi) is 5.94. The molecule has 0 saturated heterocycles. The highest BCUT2D eigenvalue weighted by atomic mass is 32.2. The minimum absolute atomic E-state index is 0.182. The number of aromatic nitrogens is 2. The van der Waals surface area contributed by atoms with Crippen molar-refractivity contribution >= 4 is 45.5 Å². The summed E-state index contributed by atoms with van der Waals surface area (Å²) in [5.74, 6) is 0.153. The lowest BCUT2D eigenvalue weighted by Crippen LogP contribution is -2.13. The highest BCUT2D eigenvalue weighted by Gasteiger charge is 2.30. The Hall–Kier alpha value is -1.91. The first-order valence-corrected chi connectivity index (χ1v) is 10.0. The summed E-state index contributed by atoms with van der Waals surface area (Å²) in [7, 11) is 0. The number of carbonyl (C=O) groups is 1. The van der Waals surface area contributed by atoms with Gasteiger partial charge in [0.2, 0.25) is 11.0 Å². The molecule has 0 aliphatic heterocycles. The molecule has 0 aliphatic carbocycles. The molecule has 0 fully saturated rings. The first kappa shape index (κ1) is 18.9. The molecule has 4 nitrogen and oxygen atoms in total. The third-order valence-corrected chi connectivity index (χ3v) is 6.10. The van der Waals surface area contributed by atoms with E-state index in [2.05, 4.69) is 15.5 Å². The van der Waals surface area contributed by atoms with Crippen LogP contribution >= 0.6 is 34.4 Å². The van der Waals surface area contributed by atoms with Gasteiger partial charge in [-0.1, -0.05) is 47.4 Å². The summed E-state index contributed by atoms with van der Waals surface area (Å²) in [5.41, 5.74) is -0.127. The summed E-state index contributed by atoms with van der Waals surface area (Å²) in [6.07, 6.45) is -4.09. The van der Waals surface area contributed by atoms with E-state index in [9.17, 15) is 18.0 Å². The Bertz CT molecular complexity index is 878. The predicted octanol–water partition coefficient (Wildman–Crippen LogP) is 5.09. The second kappa shape index (κ2) is 8.19. The van der Waals surface area contributed by atoms with Gasteiger partial charge in [0, 0.05) is 10.6 Å². The van der Waals surface area contributed by atoms with Crippen molar-refractivity contribution in [1.82, 2.24) is 10.2 Å². The third-order valence-electron chi connectivity index (χ3n) is 3.18. The fourth-order valence-electron chi connectivity index (χ4n) is 2.04. The number of amides is 1. The lowest BCUT2D eigenvalue weighted by Gasteiger charge is -2.07. The van der Waals surface area contributed by atoms with Crippen LogP contribution in [0.15, 0.2) is 46.1 Å². The summed E-state index contributed by atoms with van der Waals surface area (Å²) in [4.78, 5) is 12.9. The molecule has 0 aliphatic rings. The minimum atomic E-state index is -4.36. The number of alkyl halides is 3. The molecule has 3 rings (SSSR count). The average molecular weight is 415 g/mol. The van der Waals surface area contributed by atoms with Crippen LogP contribution in [0.5, 0.6) is 0 Å². The Morgan fingerprint density at radius 2 is 2.04 bits per heavy atom. The van der Waals surface area contributed by atoms with Gasteiger partial charge in [-0.05, 0) is 23.1 Å². The number of thiophene rings is 1. The van der Waals surface area contributed by atoms with E-state index >= 15 is 0 Å². The van der Waals surface area contributed by atoms with Crippen LogP contribution in [0.2, 0.25) is 0 Å². The molecule has 2 heterocycles. The summed E-state index contributed by atoms with van der Waals surface area (Å²) < 4.78 is 38.8.